The summed E-state index contributed by atoms with van der Waals surface area (Å²) in [5.74, 6) is -1.69. The van der Waals surface area contributed by atoms with Crippen molar-refractivity contribution in [2.75, 3.05) is 5.73 Å². The summed E-state index contributed by atoms with van der Waals surface area (Å²) in [6.07, 6.45) is -4.08. The van der Waals surface area contributed by atoms with Gasteiger partial charge in [0.25, 0.3) is 5.69 Å². The molecular formula is C9H10N2O6. The highest BCUT2D eigenvalue weighted by atomic mass is 16.6. The van der Waals surface area contributed by atoms with E-state index < -0.39 is 28.8 Å². The molecule has 1 aromatic carbocycles. The summed E-state index contributed by atoms with van der Waals surface area (Å²) in [6.45, 7) is 0. The van der Waals surface area contributed by atoms with Gasteiger partial charge in [0.05, 0.1) is 10.5 Å². The van der Waals surface area contributed by atoms with Crippen molar-refractivity contribution in [3.63, 3.8) is 0 Å². The molecule has 0 bridgehead atoms. The van der Waals surface area contributed by atoms with Crippen LogP contribution in [0.3, 0.4) is 0 Å². The zero-order chi connectivity index (χ0) is 13.2. The molecule has 0 spiro atoms. The van der Waals surface area contributed by atoms with Crippen molar-refractivity contribution >= 4 is 17.3 Å². The number of carboxylic acid groups (broad SMARTS) is 1. The lowest BCUT2D eigenvalue weighted by molar-refractivity contribution is -0.385. The molecule has 8 heteroatoms. The van der Waals surface area contributed by atoms with E-state index in [0.717, 1.165) is 6.07 Å². The van der Waals surface area contributed by atoms with Gasteiger partial charge < -0.3 is 21.1 Å². The second-order valence-electron chi connectivity index (χ2n) is 3.27. The molecule has 0 aliphatic heterocycles. The minimum atomic E-state index is -2.16. The topological polar surface area (TPSA) is 147 Å². The summed E-state index contributed by atoms with van der Waals surface area (Å²) in [5, 5.41) is 37.9. The second kappa shape index (κ2) is 4.76. The van der Waals surface area contributed by atoms with Crippen LogP contribution in [-0.4, -0.2) is 32.3 Å². The lowest BCUT2D eigenvalue weighted by Crippen LogP contribution is -2.28. The van der Waals surface area contributed by atoms with Crippen LogP contribution in [0.1, 0.15) is 11.7 Å². The van der Waals surface area contributed by atoms with E-state index in [0.29, 0.717) is 0 Å². The molecular weight excluding hydrogens is 232 g/mol. The number of para-hydroxylation sites is 1. The number of aliphatic hydroxyl groups is 2. The molecule has 0 aliphatic carbocycles. The van der Waals surface area contributed by atoms with Gasteiger partial charge in [-0.2, -0.15) is 0 Å². The number of carbonyl (C=O) groups is 1. The van der Waals surface area contributed by atoms with Gasteiger partial charge in [-0.3, -0.25) is 10.1 Å². The Hall–Kier alpha value is -2.19. The van der Waals surface area contributed by atoms with E-state index >= 15 is 0 Å². The summed E-state index contributed by atoms with van der Waals surface area (Å²) >= 11 is 0. The van der Waals surface area contributed by atoms with Gasteiger partial charge in [0.15, 0.2) is 6.10 Å². The highest BCUT2D eigenvalue weighted by molar-refractivity contribution is 5.74. The number of anilines is 1. The van der Waals surface area contributed by atoms with E-state index in [1.54, 1.807) is 0 Å². The van der Waals surface area contributed by atoms with Crippen molar-refractivity contribution in [3.05, 3.63) is 33.9 Å². The fourth-order valence-corrected chi connectivity index (χ4v) is 1.33. The maximum absolute atomic E-state index is 10.7. The lowest BCUT2D eigenvalue weighted by Gasteiger charge is -2.14. The highest BCUT2D eigenvalue weighted by Crippen LogP contribution is 2.32. The van der Waals surface area contributed by atoms with Crippen LogP contribution in [0.15, 0.2) is 18.2 Å². The highest BCUT2D eigenvalue weighted by Gasteiger charge is 2.31. The first-order valence-electron chi connectivity index (χ1n) is 4.48. The standard InChI is InChI=1S/C9H10N2O6/c10-5-3-1-2-4(6(5)11(16)17)7(12)8(13)9(14)15/h1-3,7-8,12-13H,10H2,(H,14,15). The zero-order valence-corrected chi connectivity index (χ0v) is 8.48. The van der Waals surface area contributed by atoms with E-state index in [4.69, 9.17) is 15.9 Å². The smallest absolute Gasteiger partial charge is 0.335 e. The molecule has 1 rings (SSSR count). The molecule has 92 valence electrons. The Labute approximate surface area is 95.1 Å². The summed E-state index contributed by atoms with van der Waals surface area (Å²) < 4.78 is 0. The number of nitrogens with two attached hydrogens (primary N) is 1. The SMILES string of the molecule is Nc1cccc(C(O)C(O)C(=O)O)c1[N+](=O)[O-]. The number of rotatable bonds is 4. The van der Waals surface area contributed by atoms with Gasteiger partial charge in [0.1, 0.15) is 11.8 Å². The van der Waals surface area contributed by atoms with Crippen molar-refractivity contribution in [2.24, 2.45) is 0 Å². The third kappa shape index (κ3) is 2.49. The molecule has 2 unspecified atom stereocenters. The van der Waals surface area contributed by atoms with Crippen LogP contribution in [0.25, 0.3) is 0 Å². The van der Waals surface area contributed by atoms with Gasteiger partial charge in [-0.1, -0.05) is 6.07 Å². The Kier molecular flexibility index (Phi) is 3.61. The maximum Gasteiger partial charge on any atom is 0.335 e. The molecule has 17 heavy (non-hydrogen) atoms. The first-order valence-corrected chi connectivity index (χ1v) is 4.48. The fourth-order valence-electron chi connectivity index (χ4n) is 1.33. The second-order valence-corrected chi connectivity index (χ2v) is 3.27. The number of hydrogen-bond acceptors (Lipinski definition) is 6. The molecule has 0 aliphatic rings. The van der Waals surface area contributed by atoms with Crippen LogP contribution in [0.5, 0.6) is 0 Å². The Morgan fingerprint density at radius 1 is 1.41 bits per heavy atom. The molecule has 8 nitrogen and oxygen atoms in total. The van der Waals surface area contributed by atoms with Gasteiger partial charge >= 0.3 is 5.97 Å². The van der Waals surface area contributed by atoms with Crippen molar-refractivity contribution in [1.82, 2.24) is 0 Å². The average molecular weight is 242 g/mol. The molecule has 0 saturated heterocycles. The minimum absolute atomic E-state index is 0.218. The van der Waals surface area contributed by atoms with Crippen LogP contribution >= 0.6 is 0 Å². The fraction of sp³-hybridized carbons (Fsp3) is 0.222. The van der Waals surface area contributed by atoms with E-state index in [2.05, 4.69) is 0 Å². The van der Waals surface area contributed by atoms with Gasteiger partial charge in [0.2, 0.25) is 0 Å². The van der Waals surface area contributed by atoms with Crippen LogP contribution in [-0.2, 0) is 4.79 Å². The number of hydrogen-bond donors (Lipinski definition) is 4. The largest absolute Gasteiger partial charge is 0.479 e. The number of nitro benzene ring substituents is 1. The van der Waals surface area contributed by atoms with Crippen molar-refractivity contribution in [3.8, 4) is 0 Å². The van der Waals surface area contributed by atoms with E-state index in [1.807, 2.05) is 0 Å². The molecule has 2 atom stereocenters. The molecule has 0 radical (unpaired) electrons. The Balaban J connectivity index is 3.26. The first kappa shape index (κ1) is 12.9. The summed E-state index contributed by atoms with van der Waals surface area (Å²) in [4.78, 5) is 20.3. The van der Waals surface area contributed by atoms with E-state index in [9.17, 15) is 20.0 Å². The van der Waals surface area contributed by atoms with E-state index in [1.165, 1.54) is 12.1 Å². The monoisotopic (exact) mass is 242 g/mol. The number of aliphatic carboxylic acids is 1. The Morgan fingerprint density at radius 3 is 2.47 bits per heavy atom. The number of nitrogens with zero attached hydrogens (tertiary/aromatic N) is 1. The van der Waals surface area contributed by atoms with Crippen LogP contribution in [0.4, 0.5) is 11.4 Å². The predicted octanol–water partition coefficient (Wildman–Crippen LogP) is -0.344. The third-order valence-electron chi connectivity index (χ3n) is 2.15. The van der Waals surface area contributed by atoms with Gasteiger partial charge in [-0.25, -0.2) is 4.79 Å². The molecule has 0 fully saturated rings. The molecule has 1 aromatic rings. The number of nitrogen functional groups attached to an aromatic ring is 1. The molecule has 0 amide bonds. The number of nitro groups is 1. The summed E-state index contributed by atoms with van der Waals surface area (Å²) in [6, 6.07) is 3.68. The normalized spacial score (nSPS) is 14.0. The maximum atomic E-state index is 10.7. The summed E-state index contributed by atoms with van der Waals surface area (Å²) in [5.41, 5.74) is 4.18. The molecule has 5 N–H and O–H groups in total. The van der Waals surface area contributed by atoms with Gasteiger partial charge in [-0.15, -0.1) is 0 Å². The number of benzene rings is 1. The molecule has 0 aromatic heterocycles. The third-order valence-corrected chi connectivity index (χ3v) is 2.15. The average Bonchev–Trinajstić information content (AvgIpc) is 2.25. The predicted molar refractivity (Wildman–Crippen MR) is 56.1 cm³/mol. The number of aliphatic hydroxyl groups excluding tert-OH is 2. The van der Waals surface area contributed by atoms with Gasteiger partial charge in [-0.05, 0) is 12.1 Å². The van der Waals surface area contributed by atoms with Crippen molar-refractivity contribution < 1.29 is 25.0 Å². The first-order chi connectivity index (χ1) is 7.86. The summed E-state index contributed by atoms with van der Waals surface area (Å²) in [7, 11) is 0. The quantitative estimate of drug-likeness (QED) is 0.320. The number of carboxylic acids is 1. The molecule has 0 saturated carbocycles. The Bertz CT molecular complexity index is 461. The van der Waals surface area contributed by atoms with Crippen LogP contribution < -0.4 is 5.73 Å². The van der Waals surface area contributed by atoms with Crippen LogP contribution in [0.2, 0.25) is 0 Å². The van der Waals surface area contributed by atoms with Gasteiger partial charge in [0, 0.05) is 0 Å². The van der Waals surface area contributed by atoms with Crippen molar-refractivity contribution in [2.45, 2.75) is 12.2 Å². The Morgan fingerprint density at radius 2 is 2.00 bits per heavy atom. The zero-order valence-electron chi connectivity index (χ0n) is 8.48. The minimum Gasteiger partial charge on any atom is -0.479 e. The van der Waals surface area contributed by atoms with Crippen molar-refractivity contribution in [1.29, 1.82) is 0 Å². The molecule has 0 heterocycles. The lowest BCUT2D eigenvalue weighted by atomic mass is 10.0. The van der Waals surface area contributed by atoms with E-state index in [-0.39, 0.29) is 11.3 Å². The van der Waals surface area contributed by atoms with Crippen LogP contribution in [0, 0.1) is 10.1 Å².